The molecule has 0 fully saturated rings. The van der Waals surface area contributed by atoms with E-state index in [2.05, 4.69) is 20.6 Å². The molecule has 27 heavy (non-hydrogen) atoms. The Morgan fingerprint density at radius 1 is 1.15 bits per heavy atom. The molecule has 0 spiro atoms. The second kappa shape index (κ2) is 10.9. The molecule has 0 aliphatic heterocycles. The summed E-state index contributed by atoms with van der Waals surface area (Å²) in [6, 6.07) is 8.45. The van der Waals surface area contributed by atoms with Crippen LogP contribution in [0, 0.1) is 5.82 Å². The number of guanidine groups is 1. The van der Waals surface area contributed by atoms with Crippen molar-refractivity contribution < 1.29 is 22.3 Å². The second-order valence-corrected chi connectivity index (χ2v) is 5.18. The van der Waals surface area contributed by atoms with Crippen molar-refractivity contribution in [3.8, 4) is 5.88 Å². The lowest BCUT2D eigenvalue weighted by Crippen LogP contribution is -2.39. The molecule has 0 saturated heterocycles. The van der Waals surface area contributed by atoms with Crippen LogP contribution in [0.1, 0.15) is 11.1 Å². The fourth-order valence-corrected chi connectivity index (χ4v) is 2.00. The first kappa shape index (κ1) is 22.9. The van der Waals surface area contributed by atoms with Crippen LogP contribution in [0.25, 0.3) is 0 Å². The molecule has 2 N–H and O–H groups in total. The minimum atomic E-state index is -4.43. The Morgan fingerprint density at radius 2 is 1.89 bits per heavy atom. The van der Waals surface area contributed by atoms with Crippen LogP contribution in [0.3, 0.4) is 0 Å². The number of rotatable bonds is 6. The Balaban J connectivity index is 0.00000364. The number of aromatic nitrogens is 1. The molecule has 0 atom stereocenters. The number of hydrogen-bond donors (Lipinski definition) is 2. The number of alkyl halides is 3. The summed E-state index contributed by atoms with van der Waals surface area (Å²) in [6.45, 7) is 0.756. The third-order valence-electron chi connectivity index (χ3n) is 3.34. The van der Waals surface area contributed by atoms with Crippen LogP contribution in [-0.4, -0.2) is 31.1 Å². The van der Waals surface area contributed by atoms with Gasteiger partial charge in [0, 0.05) is 31.4 Å². The molecule has 0 amide bonds. The molecule has 0 unspecified atom stereocenters. The van der Waals surface area contributed by atoms with Crippen molar-refractivity contribution in [1.82, 2.24) is 15.6 Å². The van der Waals surface area contributed by atoms with Crippen molar-refractivity contribution in [2.24, 2.45) is 4.99 Å². The lowest BCUT2D eigenvalue weighted by atomic mass is 10.2. The summed E-state index contributed by atoms with van der Waals surface area (Å²) in [5, 5.41) is 5.90. The third kappa shape index (κ3) is 7.57. The first-order valence-electron chi connectivity index (χ1n) is 7.74. The van der Waals surface area contributed by atoms with Gasteiger partial charge >= 0.3 is 6.18 Å². The van der Waals surface area contributed by atoms with E-state index in [0.29, 0.717) is 18.1 Å². The van der Waals surface area contributed by atoms with Gasteiger partial charge in [0.2, 0.25) is 5.88 Å². The number of aliphatic imine (C=N–C) groups is 1. The summed E-state index contributed by atoms with van der Waals surface area (Å²) in [5.41, 5.74) is -0.332. The van der Waals surface area contributed by atoms with Crippen LogP contribution in [0.2, 0.25) is 0 Å². The Labute approximate surface area is 171 Å². The van der Waals surface area contributed by atoms with E-state index in [1.54, 1.807) is 25.2 Å². The molecule has 0 bridgehead atoms. The molecular formula is C17H19F4IN4O. The van der Waals surface area contributed by atoms with Crippen LogP contribution >= 0.6 is 24.0 Å². The molecule has 2 aromatic rings. The maximum Gasteiger partial charge on any atom is 0.417 e. The van der Waals surface area contributed by atoms with E-state index in [0.717, 1.165) is 18.3 Å². The van der Waals surface area contributed by atoms with E-state index in [4.69, 9.17) is 4.74 Å². The smallest absolute Gasteiger partial charge is 0.417 e. The van der Waals surface area contributed by atoms with Crippen molar-refractivity contribution in [2.75, 3.05) is 20.2 Å². The predicted octanol–water partition coefficient (Wildman–Crippen LogP) is 3.60. The molecule has 148 valence electrons. The minimum absolute atomic E-state index is 0. The Hall–Kier alpha value is -2.11. The molecule has 1 aromatic heterocycles. The standard InChI is InChI=1S/C17H18F4N4O.HI/c1-22-16(25-10-12-4-2-3-5-14(12)18)23-8-9-26-15-7-6-13(11-24-15)17(19,20)21;/h2-7,11H,8-10H2,1H3,(H2,22,23,25);1H. The second-order valence-electron chi connectivity index (χ2n) is 5.18. The number of nitrogens with one attached hydrogen (secondary N) is 2. The van der Waals surface area contributed by atoms with E-state index in [1.807, 2.05) is 0 Å². The summed E-state index contributed by atoms with van der Waals surface area (Å²) in [6.07, 6.45) is -3.71. The van der Waals surface area contributed by atoms with Crippen LogP contribution in [-0.2, 0) is 12.7 Å². The summed E-state index contributed by atoms with van der Waals surface area (Å²) in [4.78, 5) is 7.60. The molecule has 0 radical (unpaired) electrons. The van der Waals surface area contributed by atoms with E-state index in [1.165, 1.54) is 6.07 Å². The lowest BCUT2D eigenvalue weighted by molar-refractivity contribution is -0.137. The average Bonchev–Trinajstić information content (AvgIpc) is 2.62. The fraction of sp³-hybridized carbons (Fsp3) is 0.294. The number of ether oxygens (including phenoxy) is 1. The van der Waals surface area contributed by atoms with Crippen molar-refractivity contribution in [3.05, 3.63) is 59.5 Å². The SMILES string of the molecule is CN=C(NCCOc1ccc(C(F)(F)F)cn1)NCc1ccccc1F.I. The summed E-state index contributed by atoms with van der Waals surface area (Å²) in [5.74, 6) is 0.221. The number of hydrogen-bond acceptors (Lipinski definition) is 3. The van der Waals surface area contributed by atoms with E-state index in [9.17, 15) is 17.6 Å². The first-order chi connectivity index (χ1) is 12.4. The van der Waals surface area contributed by atoms with Gasteiger partial charge in [-0.3, -0.25) is 4.99 Å². The van der Waals surface area contributed by atoms with Gasteiger partial charge < -0.3 is 15.4 Å². The molecular weight excluding hydrogens is 479 g/mol. The Kier molecular flexibility index (Phi) is 9.26. The normalized spacial score (nSPS) is 11.5. The number of halogens is 5. The number of nitrogens with zero attached hydrogens (tertiary/aromatic N) is 2. The Bertz CT molecular complexity index is 738. The highest BCUT2D eigenvalue weighted by atomic mass is 127. The van der Waals surface area contributed by atoms with Crippen molar-refractivity contribution >= 4 is 29.9 Å². The van der Waals surface area contributed by atoms with Gasteiger partial charge in [-0.2, -0.15) is 13.2 Å². The predicted molar refractivity (Wildman–Crippen MR) is 105 cm³/mol. The first-order valence-corrected chi connectivity index (χ1v) is 7.74. The summed E-state index contributed by atoms with van der Waals surface area (Å²) < 4.78 is 56.1. The maximum atomic E-state index is 13.5. The quantitative estimate of drug-likeness (QED) is 0.210. The molecule has 5 nitrogen and oxygen atoms in total. The molecule has 0 saturated carbocycles. The maximum absolute atomic E-state index is 13.5. The van der Waals surface area contributed by atoms with Gasteiger partial charge in [0.05, 0.1) is 12.1 Å². The molecule has 10 heteroatoms. The van der Waals surface area contributed by atoms with Gasteiger partial charge in [0.1, 0.15) is 12.4 Å². The third-order valence-corrected chi connectivity index (χ3v) is 3.34. The largest absolute Gasteiger partial charge is 0.476 e. The summed E-state index contributed by atoms with van der Waals surface area (Å²) >= 11 is 0. The minimum Gasteiger partial charge on any atom is -0.476 e. The number of pyridine rings is 1. The van der Waals surface area contributed by atoms with Crippen LogP contribution < -0.4 is 15.4 Å². The highest BCUT2D eigenvalue weighted by Crippen LogP contribution is 2.29. The van der Waals surface area contributed by atoms with Gasteiger partial charge in [-0.25, -0.2) is 9.37 Å². The molecule has 1 aromatic carbocycles. The monoisotopic (exact) mass is 498 g/mol. The summed E-state index contributed by atoms with van der Waals surface area (Å²) in [7, 11) is 1.56. The van der Waals surface area contributed by atoms with Gasteiger partial charge in [0.15, 0.2) is 5.96 Å². The van der Waals surface area contributed by atoms with Crippen LogP contribution in [0.5, 0.6) is 5.88 Å². The van der Waals surface area contributed by atoms with Crippen LogP contribution in [0.15, 0.2) is 47.6 Å². The Morgan fingerprint density at radius 3 is 2.48 bits per heavy atom. The highest BCUT2D eigenvalue weighted by Gasteiger charge is 2.30. The van der Waals surface area contributed by atoms with Crippen LogP contribution in [0.4, 0.5) is 17.6 Å². The van der Waals surface area contributed by atoms with E-state index >= 15 is 0 Å². The van der Waals surface area contributed by atoms with Crippen molar-refractivity contribution in [3.63, 3.8) is 0 Å². The molecule has 0 aliphatic rings. The van der Waals surface area contributed by atoms with Gasteiger partial charge in [0.25, 0.3) is 0 Å². The lowest BCUT2D eigenvalue weighted by Gasteiger charge is -2.13. The molecule has 0 aliphatic carbocycles. The van der Waals surface area contributed by atoms with Gasteiger partial charge in [-0.15, -0.1) is 24.0 Å². The topological polar surface area (TPSA) is 58.5 Å². The van der Waals surface area contributed by atoms with Crippen molar-refractivity contribution in [1.29, 1.82) is 0 Å². The van der Waals surface area contributed by atoms with Gasteiger partial charge in [-0.05, 0) is 12.1 Å². The van der Waals surface area contributed by atoms with Crippen molar-refractivity contribution in [2.45, 2.75) is 12.7 Å². The molecule has 1 heterocycles. The number of benzene rings is 1. The van der Waals surface area contributed by atoms with Gasteiger partial charge in [-0.1, -0.05) is 18.2 Å². The highest BCUT2D eigenvalue weighted by molar-refractivity contribution is 14.0. The fourth-order valence-electron chi connectivity index (χ4n) is 2.00. The van der Waals surface area contributed by atoms with E-state index < -0.39 is 11.7 Å². The zero-order valence-corrected chi connectivity index (χ0v) is 16.7. The zero-order valence-electron chi connectivity index (χ0n) is 14.4. The van der Waals surface area contributed by atoms with E-state index in [-0.39, 0.29) is 48.8 Å². The zero-order chi connectivity index (χ0) is 19.0. The average molecular weight is 498 g/mol. The molecule has 2 rings (SSSR count).